The van der Waals surface area contributed by atoms with Gasteiger partial charge in [-0.3, -0.25) is 4.39 Å². The zero-order chi connectivity index (χ0) is 10.7. The molecule has 2 rings (SSSR count). The topological polar surface area (TPSA) is 9.23 Å². The van der Waals surface area contributed by atoms with Crippen molar-refractivity contribution in [3.63, 3.8) is 0 Å². The zero-order valence-electron chi connectivity index (χ0n) is 9.01. The Morgan fingerprint density at radius 1 is 1.31 bits per heavy atom. The molecule has 1 aliphatic rings. The summed E-state index contributed by atoms with van der Waals surface area (Å²) in [5.74, 6) is -1.18. The standard InChI is InChI=1S/C12H13F2O.Y/c13-11-2-1-10(8-12(11)14)7-9-3-5-15-6-4-9;/h1,8-9H,3-7H2;/q-1;. The van der Waals surface area contributed by atoms with Gasteiger partial charge in [-0.25, -0.2) is 4.39 Å². The fourth-order valence-electron chi connectivity index (χ4n) is 1.89. The molecule has 0 N–H and O–H groups in total. The van der Waals surface area contributed by atoms with Crippen molar-refractivity contribution in [3.05, 3.63) is 35.4 Å². The SMILES string of the molecule is Fc1[c-]cc(CC2CCOCC2)cc1F.[Y]. The van der Waals surface area contributed by atoms with E-state index in [0.717, 1.165) is 38.0 Å². The number of hydrogen-bond donors (Lipinski definition) is 0. The monoisotopic (exact) mass is 300 g/mol. The van der Waals surface area contributed by atoms with Gasteiger partial charge in [0.25, 0.3) is 0 Å². The molecule has 1 aromatic rings. The Morgan fingerprint density at radius 3 is 2.62 bits per heavy atom. The van der Waals surface area contributed by atoms with Crippen molar-refractivity contribution >= 4 is 0 Å². The number of hydrogen-bond acceptors (Lipinski definition) is 1. The van der Waals surface area contributed by atoms with E-state index < -0.39 is 11.6 Å². The molecule has 4 heteroatoms. The average molecular weight is 300 g/mol. The molecule has 0 bridgehead atoms. The summed E-state index contributed by atoms with van der Waals surface area (Å²) in [5.41, 5.74) is 0.820. The molecule has 85 valence electrons. The van der Waals surface area contributed by atoms with E-state index in [9.17, 15) is 8.78 Å². The van der Waals surface area contributed by atoms with Crippen molar-refractivity contribution in [1.29, 1.82) is 0 Å². The van der Waals surface area contributed by atoms with Gasteiger partial charge in [-0.15, -0.1) is 12.1 Å². The molecule has 16 heavy (non-hydrogen) atoms. The maximum atomic E-state index is 12.9. The number of halogens is 2. The molecule has 0 unspecified atom stereocenters. The van der Waals surface area contributed by atoms with Crippen molar-refractivity contribution < 1.29 is 46.2 Å². The van der Waals surface area contributed by atoms with Gasteiger partial charge < -0.3 is 4.74 Å². The maximum absolute atomic E-state index is 12.9. The van der Waals surface area contributed by atoms with Crippen molar-refractivity contribution in [2.24, 2.45) is 5.92 Å². The van der Waals surface area contributed by atoms with Crippen molar-refractivity contribution in [3.8, 4) is 0 Å². The fourth-order valence-corrected chi connectivity index (χ4v) is 1.89. The third-order valence-corrected chi connectivity index (χ3v) is 2.77. The van der Waals surface area contributed by atoms with Crippen LogP contribution in [0.1, 0.15) is 18.4 Å². The molecule has 1 nitrogen and oxygen atoms in total. The van der Waals surface area contributed by atoms with Gasteiger partial charge in [0, 0.05) is 57.6 Å². The van der Waals surface area contributed by atoms with Crippen LogP contribution in [-0.4, -0.2) is 13.2 Å². The Balaban J connectivity index is 0.00000128. The Bertz CT molecular complexity index is 338. The van der Waals surface area contributed by atoms with Gasteiger partial charge in [-0.05, 0) is 18.8 Å². The van der Waals surface area contributed by atoms with E-state index in [1.165, 1.54) is 12.1 Å². The number of rotatable bonds is 2. The fraction of sp³-hybridized carbons (Fsp3) is 0.500. The summed E-state index contributed by atoms with van der Waals surface area (Å²) >= 11 is 0. The summed E-state index contributed by atoms with van der Waals surface area (Å²) in [6, 6.07) is 5.09. The van der Waals surface area contributed by atoms with Gasteiger partial charge in [0.15, 0.2) is 0 Å². The molecule has 0 amide bonds. The quantitative estimate of drug-likeness (QED) is 0.763. The van der Waals surface area contributed by atoms with Gasteiger partial charge in [-0.1, -0.05) is 6.42 Å². The predicted octanol–water partition coefficient (Wildman–Crippen LogP) is 2.73. The van der Waals surface area contributed by atoms with Crippen molar-refractivity contribution in [1.82, 2.24) is 0 Å². The van der Waals surface area contributed by atoms with E-state index in [2.05, 4.69) is 6.07 Å². The Kier molecular flexibility index (Phi) is 6.02. The van der Waals surface area contributed by atoms with Gasteiger partial charge in [0.05, 0.1) is 0 Å². The van der Waals surface area contributed by atoms with Crippen LogP contribution in [0.25, 0.3) is 0 Å². The molecular weight excluding hydrogens is 287 g/mol. The van der Waals surface area contributed by atoms with E-state index in [4.69, 9.17) is 4.74 Å². The van der Waals surface area contributed by atoms with Crippen LogP contribution in [0.15, 0.2) is 12.1 Å². The normalized spacial score (nSPS) is 16.9. The zero-order valence-corrected chi connectivity index (χ0v) is 11.8. The number of ether oxygens (including phenoxy) is 1. The Morgan fingerprint density at radius 2 is 2.00 bits per heavy atom. The average Bonchev–Trinajstić information content (AvgIpc) is 2.25. The second-order valence-corrected chi connectivity index (χ2v) is 3.93. The Labute approximate surface area is 119 Å². The number of benzene rings is 1. The summed E-state index contributed by atoms with van der Waals surface area (Å²) in [6.07, 6.45) is 2.79. The minimum atomic E-state index is -0.897. The summed E-state index contributed by atoms with van der Waals surface area (Å²) in [7, 11) is 0. The molecule has 1 heterocycles. The molecular formula is C12H13F2OY-. The first-order valence-electron chi connectivity index (χ1n) is 5.19. The first kappa shape index (κ1) is 14.2. The maximum Gasteiger partial charge on any atom is 0.0468 e. The summed E-state index contributed by atoms with van der Waals surface area (Å²) in [4.78, 5) is 0. The van der Waals surface area contributed by atoms with Gasteiger partial charge in [-0.2, -0.15) is 11.6 Å². The summed E-state index contributed by atoms with van der Waals surface area (Å²) in [5, 5.41) is 0. The molecule has 0 aliphatic carbocycles. The molecule has 1 fully saturated rings. The molecule has 1 saturated heterocycles. The predicted molar refractivity (Wildman–Crippen MR) is 52.4 cm³/mol. The van der Waals surface area contributed by atoms with E-state index in [0.29, 0.717) is 5.92 Å². The molecule has 0 atom stereocenters. The molecule has 0 saturated carbocycles. The van der Waals surface area contributed by atoms with E-state index in [1.54, 1.807) is 0 Å². The van der Waals surface area contributed by atoms with Crippen LogP contribution in [0.4, 0.5) is 8.78 Å². The van der Waals surface area contributed by atoms with Gasteiger partial charge >= 0.3 is 0 Å². The molecule has 1 aliphatic heterocycles. The van der Waals surface area contributed by atoms with Crippen LogP contribution in [0, 0.1) is 23.6 Å². The van der Waals surface area contributed by atoms with Crippen LogP contribution in [0.5, 0.6) is 0 Å². The van der Waals surface area contributed by atoms with Crippen LogP contribution in [0.2, 0.25) is 0 Å². The largest absolute Gasteiger partial charge is 0.381 e. The molecule has 0 aromatic heterocycles. The minimum absolute atomic E-state index is 0. The Hall–Kier alpha value is 0.144. The van der Waals surface area contributed by atoms with Crippen LogP contribution in [0.3, 0.4) is 0 Å². The van der Waals surface area contributed by atoms with Gasteiger partial charge in [0.1, 0.15) is 0 Å². The summed E-state index contributed by atoms with van der Waals surface area (Å²) in [6.45, 7) is 1.55. The van der Waals surface area contributed by atoms with E-state index in [1.807, 2.05) is 0 Å². The molecule has 0 spiro atoms. The van der Waals surface area contributed by atoms with E-state index >= 15 is 0 Å². The van der Waals surface area contributed by atoms with E-state index in [-0.39, 0.29) is 32.7 Å². The van der Waals surface area contributed by atoms with Gasteiger partial charge in [0.2, 0.25) is 0 Å². The second kappa shape index (κ2) is 6.78. The third kappa shape index (κ3) is 3.87. The van der Waals surface area contributed by atoms with Crippen molar-refractivity contribution in [2.75, 3.05) is 13.2 Å². The first-order chi connectivity index (χ1) is 7.25. The molecule has 1 aromatic carbocycles. The smallest absolute Gasteiger partial charge is 0.0468 e. The van der Waals surface area contributed by atoms with Crippen LogP contribution in [-0.2, 0) is 43.9 Å². The van der Waals surface area contributed by atoms with Crippen LogP contribution < -0.4 is 0 Å². The first-order valence-corrected chi connectivity index (χ1v) is 5.19. The third-order valence-electron chi connectivity index (χ3n) is 2.77. The second-order valence-electron chi connectivity index (χ2n) is 3.93. The van der Waals surface area contributed by atoms with Crippen molar-refractivity contribution in [2.45, 2.75) is 19.3 Å². The minimum Gasteiger partial charge on any atom is -0.381 e. The summed E-state index contributed by atoms with van der Waals surface area (Å²) < 4.78 is 30.8. The molecule has 1 radical (unpaired) electrons. The van der Waals surface area contributed by atoms with Crippen LogP contribution >= 0.6 is 0 Å².